The molecule has 0 aliphatic carbocycles. The quantitative estimate of drug-likeness (QED) is 0.167. The summed E-state index contributed by atoms with van der Waals surface area (Å²) in [5, 5.41) is 68.7. The Morgan fingerprint density at radius 1 is 0.986 bits per heavy atom. The maximum atomic E-state index is 14.6. The molecule has 4 heterocycles. The molecule has 17 nitrogen and oxygen atoms in total. The first kappa shape index (κ1) is 57.2. The van der Waals surface area contributed by atoms with Gasteiger partial charge in [-0.1, -0.05) is 63.2 Å². The number of carbonyl (C=O) groups is 1. The van der Waals surface area contributed by atoms with Crippen molar-refractivity contribution < 1.29 is 63.1 Å². The molecule has 0 spiro atoms. The number of carbonyl (C=O) groups excluding carboxylic acids is 1. The van der Waals surface area contributed by atoms with Crippen LogP contribution in [0.15, 0.2) is 36.5 Å². The molecular formula is C51H86FN5O12. The third-order valence-corrected chi connectivity index (χ3v) is 16.0. The fraction of sp³-hybridized carbons (Fsp3) is 0.824. The number of nitrogens with zero attached hydrogens (tertiary/aromatic N) is 5. The zero-order valence-electron chi connectivity index (χ0n) is 43.6. The summed E-state index contributed by atoms with van der Waals surface area (Å²) in [6, 6.07) is 7.66. The van der Waals surface area contributed by atoms with E-state index in [9.17, 15) is 34.7 Å². The van der Waals surface area contributed by atoms with Gasteiger partial charge in [0, 0.05) is 64.3 Å². The van der Waals surface area contributed by atoms with Gasteiger partial charge in [0.2, 0.25) is 0 Å². The van der Waals surface area contributed by atoms with Crippen molar-refractivity contribution in [1.29, 1.82) is 0 Å². The SMILES string of the molecule is CC[C@H]1OC(=O)[C@H](C)[C@@H](C2C[C@@](C)(OC)[C@@H](O)[C@H](C)O2)[C@H](C)[C@@H](O[C@@H]2O[C@H](C)C[C@H](N(C)CCc3cn([C@H](CF)[C@H](OC)c4ccccc4)nn3)[C@H]2O)[C@](C)(O)C[C@@H](C)CN(C)[C@H](C)[C@@H](O)[C@]1(C)O. The third-order valence-electron chi connectivity index (χ3n) is 16.0. The second kappa shape index (κ2) is 23.9. The number of benzene rings is 1. The number of likely N-dealkylation sites (N-methyl/N-ethyl adjacent to an activating group) is 2. The van der Waals surface area contributed by atoms with Crippen molar-refractivity contribution in [2.45, 2.75) is 197 Å². The smallest absolute Gasteiger partial charge is 0.309 e. The fourth-order valence-corrected chi connectivity index (χ4v) is 11.7. The highest BCUT2D eigenvalue weighted by Gasteiger charge is 2.55. The minimum absolute atomic E-state index is 0.178. The summed E-state index contributed by atoms with van der Waals surface area (Å²) in [6.07, 6.45) is -6.02. The molecule has 0 amide bonds. The number of cyclic esters (lactones) is 1. The molecule has 3 aliphatic rings. The molecule has 5 N–H and O–H groups in total. The molecule has 3 aliphatic heterocycles. The van der Waals surface area contributed by atoms with E-state index in [1.165, 1.54) is 18.7 Å². The predicted octanol–water partition coefficient (Wildman–Crippen LogP) is 4.28. The van der Waals surface area contributed by atoms with Gasteiger partial charge in [-0.25, -0.2) is 9.07 Å². The maximum absolute atomic E-state index is 14.6. The van der Waals surface area contributed by atoms with Crippen LogP contribution in [-0.4, -0.2) is 188 Å². The first-order chi connectivity index (χ1) is 32.3. The highest BCUT2D eigenvalue weighted by molar-refractivity contribution is 5.73. The van der Waals surface area contributed by atoms with Crippen molar-refractivity contribution in [2.24, 2.45) is 23.7 Å². The molecule has 5 rings (SSSR count). The number of methoxy groups -OCH3 is 2. The van der Waals surface area contributed by atoms with Gasteiger partial charge >= 0.3 is 5.97 Å². The van der Waals surface area contributed by atoms with Crippen molar-refractivity contribution in [1.82, 2.24) is 24.8 Å². The number of aliphatic hydroxyl groups is 5. The van der Waals surface area contributed by atoms with E-state index in [4.69, 9.17) is 28.4 Å². The van der Waals surface area contributed by atoms with Crippen molar-refractivity contribution in [2.75, 3.05) is 48.1 Å². The van der Waals surface area contributed by atoms with Gasteiger partial charge in [-0.15, -0.1) is 5.10 Å². The number of hydrogen-bond acceptors (Lipinski definition) is 16. The summed E-state index contributed by atoms with van der Waals surface area (Å²) >= 11 is 0. The standard InChI is InChI=1S/C51H86FN5O12/c1-15-40-51(10,63)44(59)33(6)56(12)27-29(2)24-49(8,62)46(31(4)41(32(5)47(61)68-40)39-25-50(9,65-14)45(60)34(7)67-39)69-48-42(58)37(23-30(3)66-48)55(11)22-21-36-28-57(54-53-36)38(26-52)43(64-13)35-19-17-16-18-20-35/h16-20,28-34,37-46,48,58-60,62-63H,15,21-27H2,1-14H3/t29-,30-,31+,32-,33-,34+,37+,38-,39?,40-,41+,42-,43-,44-,45+,46-,48+,49-,50-,51-/m1/s1. The first-order valence-electron chi connectivity index (χ1n) is 25.0. The van der Waals surface area contributed by atoms with E-state index in [0.29, 0.717) is 31.6 Å². The lowest BCUT2D eigenvalue weighted by atomic mass is 9.68. The Morgan fingerprint density at radius 3 is 2.26 bits per heavy atom. The molecule has 1 aromatic carbocycles. The number of hydrogen-bond donors (Lipinski definition) is 5. The number of esters is 1. The van der Waals surface area contributed by atoms with E-state index < -0.39 is 120 Å². The Bertz CT molecular complexity index is 1900. The van der Waals surface area contributed by atoms with Crippen LogP contribution in [0.4, 0.5) is 4.39 Å². The molecular weight excluding hydrogens is 894 g/mol. The van der Waals surface area contributed by atoms with Crippen LogP contribution in [0.1, 0.15) is 118 Å². The average molecular weight is 980 g/mol. The molecule has 394 valence electrons. The van der Waals surface area contributed by atoms with Crippen molar-refractivity contribution in [3.63, 3.8) is 0 Å². The highest BCUT2D eigenvalue weighted by Crippen LogP contribution is 2.45. The largest absolute Gasteiger partial charge is 0.459 e. The monoisotopic (exact) mass is 980 g/mol. The van der Waals surface area contributed by atoms with Crippen LogP contribution in [-0.2, 0) is 39.6 Å². The average Bonchev–Trinajstić information content (AvgIpc) is 3.78. The van der Waals surface area contributed by atoms with E-state index in [0.717, 1.165) is 5.56 Å². The zero-order chi connectivity index (χ0) is 51.3. The lowest BCUT2D eigenvalue weighted by molar-refractivity contribution is -0.302. The van der Waals surface area contributed by atoms with Gasteiger partial charge in [0.15, 0.2) is 6.29 Å². The number of ether oxygens (including phenoxy) is 6. The lowest BCUT2D eigenvalue weighted by Crippen LogP contribution is -2.62. The Balaban J connectivity index is 1.47. The molecule has 0 saturated carbocycles. The Hall–Kier alpha value is -2.72. The summed E-state index contributed by atoms with van der Waals surface area (Å²) in [5.41, 5.74) is -3.04. The maximum Gasteiger partial charge on any atom is 0.309 e. The summed E-state index contributed by atoms with van der Waals surface area (Å²) in [5.74, 6) is -3.22. The summed E-state index contributed by atoms with van der Waals surface area (Å²) in [7, 11) is 6.81. The van der Waals surface area contributed by atoms with E-state index in [1.54, 1.807) is 54.8 Å². The van der Waals surface area contributed by atoms with Gasteiger partial charge in [0.25, 0.3) is 0 Å². The van der Waals surface area contributed by atoms with E-state index in [2.05, 4.69) is 10.3 Å². The zero-order valence-corrected chi connectivity index (χ0v) is 43.6. The van der Waals surface area contributed by atoms with Crippen LogP contribution in [0.25, 0.3) is 0 Å². The molecule has 18 heteroatoms. The molecule has 0 radical (unpaired) electrons. The second-order valence-corrected chi connectivity index (χ2v) is 21.5. The van der Waals surface area contributed by atoms with Crippen molar-refractivity contribution in [3.05, 3.63) is 47.8 Å². The first-order valence-corrected chi connectivity index (χ1v) is 25.0. The van der Waals surface area contributed by atoms with Crippen LogP contribution in [0.2, 0.25) is 0 Å². The molecule has 2 aromatic rings. The van der Waals surface area contributed by atoms with Gasteiger partial charge in [0.05, 0.1) is 47.2 Å². The highest BCUT2D eigenvalue weighted by atomic mass is 19.1. The Morgan fingerprint density at radius 2 is 1.65 bits per heavy atom. The van der Waals surface area contributed by atoms with Crippen LogP contribution in [0.5, 0.6) is 0 Å². The number of aliphatic hydroxyl groups excluding tert-OH is 3. The minimum Gasteiger partial charge on any atom is -0.459 e. The van der Waals surface area contributed by atoms with Crippen molar-refractivity contribution in [3.8, 4) is 0 Å². The molecule has 1 unspecified atom stereocenters. The topological polar surface area (TPSA) is 211 Å². The summed E-state index contributed by atoms with van der Waals surface area (Å²) in [4.78, 5) is 18.6. The van der Waals surface area contributed by atoms with Gasteiger partial charge < -0.3 is 63.8 Å². The minimum atomic E-state index is -1.82. The van der Waals surface area contributed by atoms with Gasteiger partial charge in [-0.2, -0.15) is 0 Å². The van der Waals surface area contributed by atoms with Gasteiger partial charge in [0.1, 0.15) is 48.8 Å². The molecule has 3 saturated heterocycles. The molecule has 69 heavy (non-hydrogen) atoms. The fourth-order valence-electron chi connectivity index (χ4n) is 11.7. The van der Waals surface area contributed by atoms with E-state index in [-0.39, 0.29) is 31.3 Å². The molecule has 20 atom stereocenters. The van der Waals surface area contributed by atoms with Crippen LogP contribution >= 0.6 is 0 Å². The number of rotatable bonds is 14. The van der Waals surface area contributed by atoms with Gasteiger partial charge in [-0.05, 0) is 92.3 Å². The van der Waals surface area contributed by atoms with Crippen LogP contribution < -0.4 is 0 Å². The number of halogens is 1. The number of aromatic nitrogens is 3. The van der Waals surface area contributed by atoms with E-state index in [1.807, 2.05) is 75.0 Å². The van der Waals surface area contributed by atoms with Gasteiger partial charge in [-0.3, -0.25) is 4.79 Å². The predicted molar refractivity (Wildman–Crippen MR) is 257 cm³/mol. The normalized spacial score (nSPS) is 41.2. The Labute approximate surface area is 409 Å². The van der Waals surface area contributed by atoms with Crippen LogP contribution in [0.3, 0.4) is 0 Å². The van der Waals surface area contributed by atoms with Crippen LogP contribution in [0, 0.1) is 23.7 Å². The molecule has 1 aromatic heterocycles. The van der Waals surface area contributed by atoms with E-state index >= 15 is 0 Å². The second-order valence-electron chi connectivity index (χ2n) is 21.5. The third kappa shape index (κ3) is 12.9. The lowest BCUT2D eigenvalue weighted by Gasteiger charge is -2.51. The number of alkyl halides is 1. The summed E-state index contributed by atoms with van der Waals surface area (Å²) in [6.45, 7) is 18.0. The summed E-state index contributed by atoms with van der Waals surface area (Å²) < 4.78 is 54.0. The van der Waals surface area contributed by atoms with Crippen molar-refractivity contribution >= 4 is 5.97 Å². The molecule has 3 fully saturated rings. The Kier molecular flexibility index (Phi) is 19.8. The molecule has 0 bridgehead atoms.